The Hall–Kier alpha value is -4.24. The van der Waals surface area contributed by atoms with E-state index in [2.05, 4.69) is 31.9 Å². The summed E-state index contributed by atoms with van der Waals surface area (Å²) in [5.41, 5.74) is -1.17. The number of nitrogens with zero attached hydrogens (tertiary/aromatic N) is 2. The van der Waals surface area contributed by atoms with Gasteiger partial charge in [-0.15, -0.1) is 0 Å². The molecule has 0 bridgehead atoms. The minimum Gasteiger partial charge on any atom is -0.501 e. The molecule has 1 aliphatic heterocycles. The smallest absolute Gasteiger partial charge is 0.338 e. The zero-order valence-corrected chi connectivity index (χ0v) is 21.9. The number of phenolic OH excluding ortho intramolecular Hbond substituents is 2. The van der Waals surface area contributed by atoms with Gasteiger partial charge in [-0.1, -0.05) is 18.2 Å². The van der Waals surface area contributed by atoms with Gasteiger partial charge in [0.25, 0.3) is 0 Å². The summed E-state index contributed by atoms with van der Waals surface area (Å²) >= 11 is 6.20. The number of nitro benzene ring substituents is 2. The molecule has 3 aromatic rings. The van der Waals surface area contributed by atoms with Gasteiger partial charge in [0.1, 0.15) is 27.1 Å². The number of carbonyl (C=O) groups is 2. The summed E-state index contributed by atoms with van der Waals surface area (Å²) in [5, 5.41) is 53.0. The van der Waals surface area contributed by atoms with Gasteiger partial charge in [-0.25, -0.2) is 4.79 Å². The number of fused-ring (bicyclic) bond motifs is 2. The van der Waals surface area contributed by atoms with E-state index < -0.39 is 63.6 Å². The van der Waals surface area contributed by atoms with E-state index in [4.69, 9.17) is 14.6 Å². The Bertz CT molecular complexity index is 1460. The van der Waals surface area contributed by atoms with Gasteiger partial charge in [0.2, 0.25) is 11.5 Å². The fourth-order valence-electron chi connectivity index (χ4n) is 4.02. The molecule has 3 N–H and O–H groups in total. The van der Waals surface area contributed by atoms with E-state index in [1.165, 1.54) is 18.2 Å². The lowest BCUT2D eigenvalue weighted by Gasteiger charge is -2.31. The van der Waals surface area contributed by atoms with Gasteiger partial charge < -0.3 is 24.8 Å². The summed E-state index contributed by atoms with van der Waals surface area (Å²) < 4.78 is 10.6. The minimum absolute atomic E-state index is 0.0552. The highest BCUT2D eigenvalue weighted by Gasteiger charge is 2.40. The van der Waals surface area contributed by atoms with Crippen LogP contribution in [0.5, 0.6) is 23.0 Å². The fraction of sp³-hybridized carbons (Fsp3) is 0.130. The molecule has 0 amide bonds. The van der Waals surface area contributed by atoms with Crippen molar-refractivity contribution in [1.29, 1.82) is 0 Å². The largest absolute Gasteiger partial charge is 0.501 e. The number of phenols is 2. The van der Waals surface area contributed by atoms with Crippen LogP contribution in [0.2, 0.25) is 0 Å². The first-order valence-electron chi connectivity index (χ1n) is 10.5. The first-order chi connectivity index (χ1) is 17.9. The second-order valence-electron chi connectivity index (χ2n) is 7.87. The quantitative estimate of drug-likeness (QED) is 0.132. The molecule has 38 heavy (non-hydrogen) atoms. The molecule has 0 aliphatic carbocycles. The summed E-state index contributed by atoms with van der Waals surface area (Å²) in [6.07, 6.45) is -0.451. The van der Waals surface area contributed by atoms with Gasteiger partial charge in [0, 0.05) is 29.2 Å². The van der Waals surface area contributed by atoms with Crippen molar-refractivity contribution < 1.29 is 44.2 Å². The summed E-state index contributed by atoms with van der Waals surface area (Å²) in [7, 11) is 0. The number of aliphatic carboxylic acids is 1. The van der Waals surface area contributed by atoms with Crippen molar-refractivity contribution in [3.63, 3.8) is 0 Å². The van der Waals surface area contributed by atoms with Crippen LogP contribution < -0.4 is 4.74 Å². The van der Waals surface area contributed by atoms with Crippen LogP contribution in [-0.2, 0) is 9.53 Å². The molecular formula is C23H14Br2N2O11. The standard InChI is InChI=1S/C23H14Br2N2O11/c24-17-19(30)13(26(33)34)7-11-16(9-3-1-2-4-10(9)23(32)37-6-5-15(28)29)12-8-14(27(35)36)20(31)18(25)22(12)38-21(11)17/h1-4,7-8,16,30-31H,5-6H2,(H,28,29). The first kappa shape index (κ1) is 26.8. The van der Waals surface area contributed by atoms with E-state index in [9.17, 15) is 40.0 Å². The molecule has 0 radical (unpaired) electrons. The maximum absolute atomic E-state index is 12.9. The molecule has 0 spiro atoms. The lowest BCUT2D eigenvalue weighted by molar-refractivity contribution is -0.386. The molecule has 1 heterocycles. The van der Waals surface area contributed by atoms with Crippen molar-refractivity contribution in [2.45, 2.75) is 12.3 Å². The van der Waals surface area contributed by atoms with Gasteiger partial charge >= 0.3 is 23.3 Å². The third kappa shape index (κ3) is 4.61. The molecule has 0 unspecified atom stereocenters. The summed E-state index contributed by atoms with van der Waals surface area (Å²) in [5.74, 6) is -4.94. The number of esters is 1. The summed E-state index contributed by atoms with van der Waals surface area (Å²) in [4.78, 5) is 45.4. The molecule has 1 aliphatic rings. The Morgan fingerprint density at radius 1 is 0.921 bits per heavy atom. The van der Waals surface area contributed by atoms with Gasteiger partial charge in [-0.2, -0.15) is 0 Å². The third-order valence-corrected chi connectivity index (χ3v) is 7.14. The molecule has 3 aromatic carbocycles. The highest BCUT2D eigenvalue weighted by atomic mass is 79.9. The van der Waals surface area contributed by atoms with Crippen LogP contribution in [0.1, 0.15) is 39.4 Å². The zero-order chi connectivity index (χ0) is 27.9. The highest BCUT2D eigenvalue weighted by molar-refractivity contribution is 9.11. The lowest BCUT2D eigenvalue weighted by Crippen LogP contribution is -2.18. The van der Waals surface area contributed by atoms with Gasteiger partial charge in [-0.3, -0.25) is 25.0 Å². The molecule has 0 saturated heterocycles. The molecule has 0 aromatic heterocycles. The van der Waals surface area contributed by atoms with Crippen molar-refractivity contribution >= 4 is 55.2 Å². The van der Waals surface area contributed by atoms with Crippen LogP contribution in [0.15, 0.2) is 45.3 Å². The topological polar surface area (TPSA) is 200 Å². The van der Waals surface area contributed by atoms with E-state index in [-0.39, 0.29) is 42.7 Å². The number of carboxylic acid groups (broad SMARTS) is 1. The number of benzene rings is 3. The van der Waals surface area contributed by atoms with Crippen LogP contribution in [0, 0.1) is 20.2 Å². The van der Waals surface area contributed by atoms with E-state index in [1.54, 1.807) is 6.07 Å². The van der Waals surface area contributed by atoms with Crippen LogP contribution in [0.4, 0.5) is 11.4 Å². The SMILES string of the molecule is O=C(O)CCOC(=O)c1ccccc1C1c2cc([N+](=O)[O-])c(O)c(Br)c2Oc2c1cc([N+](=O)[O-])c(O)c2Br. The van der Waals surface area contributed by atoms with E-state index in [0.29, 0.717) is 0 Å². The molecule has 4 rings (SSSR count). The molecular weight excluding hydrogens is 640 g/mol. The van der Waals surface area contributed by atoms with E-state index >= 15 is 0 Å². The average Bonchev–Trinajstić information content (AvgIpc) is 2.86. The predicted octanol–water partition coefficient (Wildman–Crippen LogP) is 5.36. The van der Waals surface area contributed by atoms with Crippen molar-refractivity contribution in [1.82, 2.24) is 0 Å². The van der Waals surface area contributed by atoms with Gasteiger partial charge in [0.15, 0.2) is 0 Å². The second-order valence-corrected chi connectivity index (χ2v) is 9.46. The van der Waals surface area contributed by atoms with Crippen molar-refractivity contribution in [2.75, 3.05) is 6.61 Å². The number of rotatable bonds is 7. The van der Waals surface area contributed by atoms with Gasteiger partial charge in [-0.05, 0) is 43.5 Å². The molecule has 196 valence electrons. The Balaban J connectivity index is 2.03. The Morgan fingerprint density at radius 3 is 1.89 bits per heavy atom. The van der Waals surface area contributed by atoms with Crippen LogP contribution in [-0.4, -0.2) is 43.7 Å². The maximum atomic E-state index is 12.9. The average molecular weight is 654 g/mol. The fourth-order valence-corrected chi connectivity index (χ4v) is 5.04. The highest BCUT2D eigenvalue weighted by Crippen LogP contribution is 2.58. The predicted molar refractivity (Wildman–Crippen MR) is 135 cm³/mol. The normalized spacial score (nSPS) is 12.2. The Morgan fingerprint density at radius 2 is 1.42 bits per heavy atom. The number of halogens is 2. The van der Waals surface area contributed by atoms with Crippen LogP contribution in [0.3, 0.4) is 0 Å². The number of ether oxygens (including phenoxy) is 2. The number of nitro groups is 2. The van der Waals surface area contributed by atoms with Crippen LogP contribution >= 0.6 is 31.9 Å². The maximum Gasteiger partial charge on any atom is 0.338 e. The van der Waals surface area contributed by atoms with E-state index in [0.717, 1.165) is 12.1 Å². The molecule has 0 fully saturated rings. The monoisotopic (exact) mass is 652 g/mol. The Labute approximate surface area is 228 Å². The molecule has 13 nitrogen and oxygen atoms in total. The number of carbonyl (C=O) groups excluding carboxylic acids is 1. The summed E-state index contributed by atoms with van der Waals surface area (Å²) in [6.45, 7) is -0.431. The number of hydrogen-bond donors (Lipinski definition) is 3. The molecule has 0 saturated carbocycles. The number of hydrogen-bond acceptors (Lipinski definition) is 10. The number of aromatic hydroxyl groups is 2. The second kappa shape index (κ2) is 10.3. The molecule has 0 atom stereocenters. The minimum atomic E-state index is -1.19. The zero-order valence-electron chi connectivity index (χ0n) is 18.7. The number of carboxylic acids is 1. The van der Waals surface area contributed by atoms with Gasteiger partial charge in [0.05, 0.1) is 21.8 Å². The van der Waals surface area contributed by atoms with Crippen molar-refractivity contribution in [3.05, 3.63) is 87.8 Å². The van der Waals surface area contributed by atoms with Crippen LogP contribution in [0.25, 0.3) is 0 Å². The van der Waals surface area contributed by atoms with E-state index in [1.807, 2.05) is 0 Å². The van der Waals surface area contributed by atoms with Crippen molar-refractivity contribution in [2.24, 2.45) is 0 Å². The third-order valence-electron chi connectivity index (χ3n) is 5.67. The Kier molecular flexibility index (Phi) is 7.24. The lowest BCUT2D eigenvalue weighted by atomic mass is 9.80. The van der Waals surface area contributed by atoms with Crippen molar-refractivity contribution in [3.8, 4) is 23.0 Å². The first-order valence-corrected chi connectivity index (χ1v) is 12.1. The molecule has 15 heteroatoms. The summed E-state index contributed by atoms with van der Waals surface area (Å²) in [6, 6.07) is 7.94.